The monoisotopic (exact) mass is 225 g/mol. The Balaban J connectivity index is 2.70. The van der Waals surface area contributed by atoms with Gasteiger partial charge in [-0.2, -0.15) is 11.8 Å². The Morgan fingerprint density at radius 2 is 2.13 bits per heavy atom. The molecule has 0 unspecified atom stereocenters. The summed E-state index contributed by atoms with van der Waals surface area (Å²) in [5.41, 5.74) is 2.13. The molecule has 0 fully saturated rings. The third kappa shape index (κ3) is 4.62. The summed E-state index contributed by atoms with van der Waals surface area (Å²) in [6.45, 7) is 7.11. The van der Waals surface area contributed by atoms with Crippen LogP contribution in [0.2, 0.25) is 0 Å². The first-order valence-electron chi connectivity index (χ1n) is 5.17. The minimum Gasteiger partial charge on any atom is -0.309 e. The third-order valence-corrected chi connectivity index (χ3v) is 2.47. The van der Waals surface area contributed by atoms with Crippen molar-refractivity contribution in [2.45, 2.75) is 39.1 Å². The zero-order valence-corrected chi connectivity index (χ0v) is 10.7. The average Bonchev–Trinajstić information content (AvgIpc) is 2.14. The fourth-order valence-corrected chi connectivity index (χ4v) is 1.68. The Bertz CT molecular complexity index is 313. The second kappa shape index (κ2) is 6.08. The summed E-state index contributed by atoms with van der Waals surface area (Å²) < 4.78 is 0. The van der Waals surface area contributed by atoms with Crippen LogP contribution in [-0.2, 0) is 12.3 Å². The van der Waals surface area contributed by atoms with Crippen molar-refractivity contribution in [3.63, 3.8) is 0 Å². The maximum Gasteiger partial charge on any atom is 0.138 e. The van der Waals surface area contributed by atoms with E-state index in [9.17, 15) is 0 Å². The highest BCUT2D eigenvalue weighted by molar-refractivity contribution is 7.97. The summed E-state index contributed by atoms with van der Waals surface area (Å²) in [5, 5.41) is 3.36. The van der Waals surface area contributed by atoms with Gasteiger partial charge in [-0.1, -0.05) is 13.8 Å². The van der Waals surface area contributed by atoms with Crippen LogP contribution in [-0.4, -0.2) is 22.3 Å². The first-order chi connectivity index (χ1) is 7.11. The van der Waals surface area contributed by atoms with Gasteiger partial charge >= 0.3 is 0 Å². The van der Waals surface area contributed by atoms with Gasteiger partial charge in [0, 0.05) is 18.3 Å². The van der Waals surface area contributed by atoms with Crippen molar-refractivity contribution in [1.29, 1.82) is 0 Å². The van der Waals surface area contributed by atoms with Crippen molar-refractivity contribution in [3.8, 4) is 0 Å². The molecule has 0 bridgehead atoms. The van der Waals surface area contributed by atoms with Gasteiger partial charge in [0.05, 0.1) is 11.4 Å². The van der Waals surface area contributed by atoms with Gasteiger partial charge in [0.25, 0.3) is 0 Å². The van der Waals surface area contributed by atoms with Crippen LogP contribution in [0.4, 0.5) is 0 Å². The number of aromatic nitrogens is 2. The normalized spacial score (nSPS) is 11.0. The van der Waals surface area contributed by atoms with Gasteiger partial charge < -0.3 is 5.32 Å². The predicted octanol–water partition coefficient (Wildman–Crippen LogP) is 2.15. The van der Waals surface area contributed by atoms with Crippen LogP contribution in [0.1, 0.15) is 31.1 Å². The number of hydrogen-bond donors (Lipinski definition) is 1. The van der Waals surface area contributed by atoms with Crippen molar-refractivity contribution < 1.29 is 0 Å². The molecule has 0 saturated carbocycles. The number of hydrogen-bond acceptors (Lipinski definition) is 4. The number of aryl methyl sites for hydroxylation is 1. The molecule has 0 aliphatic carbocycles. The summed E-state index contributed by atoms with van der Waals surface area (Å²) in [5.74, 6) is 1.82. The molecule has 1 aromatic heterocycles. The van der Waals surface area contributed by atoms with E-state index < -0.39 is 0 Å². The van der Waals surface area contributed by atoms with E-state index in [0.717, 1.165) is 29.5 Å². The summed E-state index contributed by atoms with van der Waals surface area (Å²) in [4.78, 5) is 8.89. The quantitative estimate of drug-likeness (QED) is 0.833. The van der Waals surface area contributed by atoms with E-state index in [4.69, 9.17) is 0 Å². The summed E-state index contributed by atoms with van der Waals surface area (Å²) >= 11 is 1.75. The molecule has 0 radical (unpaired) electrons. The highest BCUT2D eigenvalue weighted by atomic mass is 32.2. The number of nitrogens with one attached hydrogen (secondary N) is 1. The van der Waals surface area contributed by atoms with Crippen LogP contribution < -0.4 is 5.32 Å². The minimum atomic E-state index is 0.490. The van der Waals surface area contributed by atoms with Gasteiger partial charge in [0.1, 0.15) is 5.82 Å². The second-order valence-corrected chi connectivity index (χ2v) is 4.75. The molecule has 84 valence electrons. The zero-order chi connectivity index (χ0) is 11.3. The molecule has 0 saturated heterocycles. The molecule has 0 amide bonds. The summed E-state index contributed by atoms with van der Waals surface area (Å²) in [6, 6.07) is 2.53. The molecule has 0 spiro atoms. The van der Waals surface area contributed by atoms with Crippen molar-refractivity contribution in [2.75, 3.05) is 6.26 Å². The fourth-order valence-electron chi connectivity index (χ4n) is 1.29. The third-order valence-electron chi connectivity index (χ3n) is 1.92. The van der Waals surface area contributed by atoms with E-state index in [1.165, 1.54) is 0 Å². The minimum absolute atomic E-state index is 0.490. The Morgan fingerprint density at radius 1 is 1.40 bits per heavy atom. The van der Waals surface area contributed by atoms with Crippen LogP contribution in [0.15, 0.2) is 6.07 Å². The largest absolute Gasteiger partial charge is 0.309 e. The summed E-state index contributed by atoms with van der Waals surface area (Å²) in [7, 11) is 0. The van der Waals surface area contributed by atoms with Crippen LogP contribution in [0.3, 0.4) is 0 Å². The van der Waals surface area contributed by atoms with Crippen LogP contribution in [0.25, 0.3) is 0 Å². The maximum absolute atomic E-state index is 4.50. The molecule has 1 rings (SSSR count). The van der Waals surface area contributed by atoms with Gasteiger partial charge in [-0.3, -0.25) is 0 Å². The van der Waals surface area contributed by atoms with E-state index in [-0.39, 0.29) is 0 Å². The van der Waals surface area contributed by atoms with Gasteiger partial charge in [-0.05, 0) is 19.2 Å². The fraction of sp³-hybridized carbons (Fsp3) is 0.636. The van der Waals surface area contributed by atoms with E-state index in [2.05, 4.69) is 35.4 Å². The lowest BCUT2D eigenvalue weighted by atomic mass is 10.3. The van der Waals surface area contributed by atoms with Crippen molar-refractivity contribution in [1.82, 2.24) is 15.3 Å². The molecule has 1 N–H and O–H groups in total. The lowest BCUT2D eigenvalue weighted by molar-refractivity contribution is 0.579. The number of thioether (sulfide) groups is 1. The maximum atomic E-state index is 4.50. The topological polar surface area (TPSA) is 37.8 Å². The number of nitrogens with zero attached hydrogens (tertiary/aromatic N) is 2. The zero-order valence-electron chi connectivity index (χ0n) is 9.87. The van der Waals surface area contributed by atoms with Crippen molar-refractivity contribution >= 4 is 11.8 Å². The van der Waals surface area contributed by atoms with Crippen molar-refractivity contribution in [2.24, 2.45) is 0 Å². The SMILES string of the molecule is CSCc1nc(C)cc(CNC(C)C)n1. The Labute approximate surface area is 96.1 Å². The number of rotatable bonds is 5. The van der Waals surface area contributed by atoms with Gasteiger partial charge in [0.15, 0.2) is 0 Å². The molecule has 0 atom stereocenters. The lowest BCUT2D eigenvalue weighted by Gasteiger charge is -2.09. The predicted molar refractivity (Wildman–Crippen MR) is 66.0 cm³/mol. The highest BCUT2D eigenvalue weighted by Crippen LogP contribution is 2.06. The van der Waals surface area contributed by atoms with Crippen LogP contribution in [0.5, 0.6) is 0 Å². The molecule has 0 aliphatic heterocycles. The molecule has 1 aromatic rings. The standard InChI is InChI=1S/C11H19N3S/c1-8(2)12-6-10-5-9(3)13-11(14-10)7-15-4/h5,8,12H,6-7H2,1-4H3. The molecular formula is C11H19N3S. The van der Waals surface area contributed by atoms with Gasteiger partial charge in [-0.25, -0.2) is 9.97 Å². The van der Waals surface area contributed by atoms with E-state index in [1.54, 1.807) is 11.8 Å². The molecule has 15 heavy (non-hydrogen) atoms. The Hall–Kier alpha value is -0.610. The van der Waals surface area contributed by atoms with E-state index in [1.807, 2.05) is 13.0 Å². The average molecular weight is 225 g/mol. The first kappa shape index (κ1) is 12.5. The van der Waals surface area contributed by atoms with E-state index in [0.29, 0.717) is 6.04 Å². The van der Waals surface area contributed by atoms with Crippen LogP contribution in [0, 0.1) is 6.92 Å². The molecule has 1 heterocycles. The van der Waals surface area contributed by atoms with Crippen molar-refractivity contribution in [3.05, 3.63) is 23.3 Å². The molecule has 0 aliphatic rings. The summed E-state index contributed by atoms with van der Waals surface area (Å²) in [6.07, 6.45) is 2.07. The molecular weight excluding hydrogens is 206 g/mol. The first-order valence-corrected chi connectivity index (χ1v) is 6.57. The van der Waals surface area contributed by atoms with E-state index >= 15 is 0 Å². The second-order valence-electron chi connectivity index (χ2n) is 3.89. The highest BCUT2D eigenvalue weighted by Gasteiger charge is 2.02. The molecule has 3 nitrogen and oxygen atoms in total. The van der Waals surface area contributed by atoms with Gasteiger partial charge in [-0.15, -0.1) is 0 Å². The smallest absolute Gasteiger partial charge is 0.138 e. The Morgan fingerprint density at radius 3 is 2.73 bits per heavy atom. The molecule has 0 aromatic carbocycles. The van der Waals surface area contributed by atoms with Crippen LogP contribution >= 0.6 is 11.8 Å². The Kier molecular flexibility index (Phi) is 5.05. The van der Waals surface area contributed by atoms with Gasteiger partial charge in [0.2, 0.25) is 0 Å². The lowest BCUT2D eigenvalue weighted by Crippen LogP contribution is -2.22. The molecule has 4 heteroatoms.